The quantitative estimate of drug-likeness (QED) is 0.935. The van der Waals surface area contributed by atoms with Gasteiger partial charge in [-0.05, 0) is 19.1 Å². The minimum atomic E-state index is -0.253. The lowest BCUT2D eigenvalue weighted by Gasteiger charge is -2.06. The maximum absolute atomic E-state index is 11.7. The van der Waals surface area contributed by atoms with E-state index in [-0.39, 0.29) is 19.3 Å². The van der Waals surface area contributed by atoms with Gasteiger partial charge in [-0.25, -0.2) is 4.98 Å². The maximum Gasteiger partial charge on any atom is 0.264 e. The van der Waals surface area contributed by atoms with Crippen LogP contribution in [0.25, 0.3) is 0 Å². The molecule has 0 fully saturated rings. The monoisotopic (exact) mass is 292 g/mol. The lowest BCUT2D eigenvalue weighted by atomic mass is 10.3. The first kappa shape index (κ1) is 12.7. The van der Waals surface area contributed by atoms with Crippen molar-refractivity contribution in [3.8, 4) is 17.2 Å². The predicted molar refractivity (Wildman–Crippen MR) is 73.5 cm³/mol. The number of ether oxygens (including phenoxy) is 3. The van der Waals surface area contributed by atoms with E-state index in [0.29, 0.717) is 22.4 Å². The number of fused-ring (bicyclic) bond motifs is 1. The second-order valence-corrected chi connectivity index (χ2v) is 5.00. The topological polar surface area (TPSA) is 69.7 Å². The van der Waals surface area contributed by atoms with Gasteiger partial charge in [-0.3, -0.25) is 10.1 Å². The molecule has 20 heavy (non-hydrogen) atoms. The summed E-state index contributed by atoms with van der Waals surface area (Å²) in [5.74, 6) is 1.61. The highest BCUT2D eigenvalue weighted by Gasteiger charge is 2.14. The Bertz CT molecular complexity index is 641. The molecular formula is C13H12N2O4S. The summed E-state index contributed by atoms with van der Waals surface area (Å²) in [6, 6.07) is 5.18. The first-order chi connectivity index (χ1) is 9.70. The zero-order valence-electron chi connectivity index (χ0n) is 10.7. The van der Waals surface area contributed by atoms with Gasteiger partial charge in [0.15, 0.2) is 23.2 Å². The molecule has 6 nitrogen and oxygen atoms in total. The summed E-state index contributed by atoms with van der Waals surface area (Å²) in [7, 11) is 0. The van der Waals surface area contributed by atoms with Crippen LogP contribution < -0.4 is 19.5 Å². The maximum atomic E-state index is 11.7. The van der Waals surface area contributed by atoms with Gasteiger partial charge < -0.3 is 14.2 Å². The number of amides is 1. The molecule has 0 saturated carbocycles. The van der Waals surface area contributed by atoms with Crippen molar-refractivity contribution in [1.29, 1.82) is 0 Å². The summed E-state index contributed by atoms with van der Waals surface area (Å²) >= 11 is 1.38. The van der Waals surface area contributed by atoms with E-state index in [9.17, 15) is 4.79 Å². The molecule has 3 rings (SSSR count). The highest BCUT2D eigenvalue weighted by atomic mass is 32.1. The van der Waals surface area contributed by atoms with Crippen LogP contribution in [0, 0.1) is 6.92 Å². The number of hydrogen-bond donors (Lipinski definition) is 1. The van der Waals surface area contributed by atoms with E-state index in [1.165, 1.54) is 11.3 Å². The van der Waals surface area contributed by atoms with Crippen LogP contribution in [0.1, 0.15) is 5.69 Å². The lowest BCUT2D eigenvalue weighted by Crippen LogP contribution is -2.20. The molecule has 1 aromatic carbocycles. The molecule has 0 spiro atoms. The summed E-state index contributed by atoms with van der Waals surface area (Å²) in [5, 5.41) is 5.11. The van der Waals surface area contributed by atoms with E-state index in [2.05, 4.69) is 10.3 Å². The molecule has 0 bridgehead atoms. The zero-order valence-corrected chi connectivity index (χ0v) is 11.5. The van der Waals surface area contributed by atoms with Crippen molar-refractivity contribution in [1.82, 2.24) is 4.98 Å². The van der Waals surface area contributed by atoms with Crippen molar-refractivity contribution in [2.24, 2.45) is 0 Å². The molecule has 104 valence electrons. The minimum absolute atomic E-state index is 0.0850. The Labute approximate surface area is 119 Å². The van der Waals surface area contributed by atoms with E-state index >= 15 is 0 Å². The normalized spacial score (nSPS) is 12.2. The Kier molecular flexibility index (Phi) is 3.42. The Morgan fingerprint density at radius 2 is 2.30 bits per heavy atom. The average Bonchev–Trinajstić information content (AvgIpc) is 3.04. The van der Waals surface area contributed by atoms with Crippen LogP contribution >= 0.6 is 11.3 Å². The number of rotatable bonds is 4. The molecule has 2 aromatic rings. The first-order valence-electron chi connectivity index (χ1n) is 5.95. The predicted octanol–water partition coefficient (Wildman–Crippen LogP) is 2.20. The molecule has 7 heteroatoms. The Morgan fingerprint density at radius 1 is 1.45 bits per heavy atom. The number of aromatic nitrogens is 1. The highest BCUT2D eigenvalue weighted by molar-refractivity contribution is 7.13. The van der Waals surface area contributed by atoms with E-state index in [0.717, 1.165) is 5.69 Å². The van der Waals surface area contributed by atoms with E-state index in [1.54, 1.807) is 18.2 Å². The van der Waals surface area contributed by atoms with Crippen LogP contribution in [-0.4, -0.2) is 24.3 Å². The van der Waals surface area contributed by atoms with Gasteiger partial charge in [-0.15, -0.1) is 11.3 Å². The molecule has 0 aliphatic carbocycles. The SMILES string of the molecule is Cc1csc(NC(=O)COc2ccc3c(c2)OCO3)n1. The van der Waals surface area contributed by atoms with E-state index < -0.39 is 0 Å². The second-order valence-electron chi connectivity index (χ2n) is 4.15. The molecule has 1 aliphatic heterocycles. The summed E-state index contributed by atoms with van der Waals surface area (Å²) in [5.41, 5.74) is 0.877. The van der Waals surface area contributed by atoms with Gasteiger partial charge in [-0.1, -0.05) is 0 Å². The van der Waals surface area contributed by atoms with Crippen LogP contribution in [0.15, 0.2) is 23.6 Å². The van der Waals surface area contributed by atoms with Crippen LogP contribution in [-0.2, 0) is 4.79 Å². The summed E-state index contributed by atoms with van der Waals surface area (Å²) in [4.78, 5) is 15.9. The number of anilines is 1. The minimum Gasteiger partial charge on any atom is -0.484 e. The van der Waals surface area contributed by atoms with Gasteiger partial charge in [0, 0.05) is 11.4 Å². The van der Waals surface area contributed by atoms with Crippen molar-refractivity contribution in [3.63, 3.8) is 0 Å². The van der Waals surface area contributed by atoms with Gasteiger partial charge in [0.2, 0.25) is 6.79 Å². The Morgan fingerprint density at radius 3 is 3.10 bits per heavy atom. The van der Waals surface area contributed by atoms with E-state index in [4.69, 9.17) is 14.2 Å². The highest BCUT2D eigenvalue weighted by Crippen LogP contribution is 2.35. The Balaban J connectivity index is 1.55. The van der Waals surface area contributed by atoms with E-state index in [1.807, 2.05) is 12.3 Å². The summed E-state index contributed by atoms with van der Waals surface area (Å²) < 4.78 is 15.8. The number of nitrogens with zero attached hydrogens (tertiary/aromatic N) is 1. The van der Waals surface area contributed by atoms with Crippen molar-refractivity contribution < 1.29 is 19.0 Å². The standard InChI is InChI=1S/C13H12N2O4S/c1-8-6-20-13(14-8)15-12(16)5-17-9-2-3-10-11(4-9)19-7-18-10/h2-4,6H,5,7H2,1H3,(H,14,15,16). The van der Waals surface area contributed by atoms with Crippen LogP contribution in [0.4, 0.5) is 5.13 Å². The van der Waals surface area contributed by atoms with Crippen molar-refractivity contribution in [3.05, 3.63) is 29.3 Å². The first-order valence-corrected chi connectivity index (χ1v) is 6.83. The summed E-state index contributed by atoms with van der Waals surface area (Å²) in [6.45, 7) is 2.00. The third kappa shape index (κ3) is 2.83. The number of aryl methyl sites for hydroxylation is 1. The molecule has 0 saturated heterocycles. The van der Waals surface area contributed by atoms with Crippen molar-refractivity contribution in [2.45, 2.75) is 6.92 Å². The van der Waals surface area contributed by atoms with Crippen molar-refractivity contribution >= 4 is 22.4 Å². The number of hydrogen-bond acceptors (Lipinski definition) is 6. The molecule has 1 aromatic heterocycles. The molecule has 0 radical (unpaired) electrons. The molecule has 0 unspecified atom stereocenters. The smallest absolute Gasteiger partial charge is 0.264 e. The zero-order chi connectivity index (χ0) is 13.9. The van der Waals surface area contributed by atoms with Gasteiger partial charge in [0.25, 0.3) is 5.91 Å². The number of nitrogens with one attached hydrogen (secondary N) is 1. The fourth-order valence-electron chi connectivity index (χ4n) is 1.68. The van der Waals surface area contributed by atoms with Gasteiger partial charge in [0.1, 0.15) is 5.75 Å². The summed E-state index contributed by atoms with van der Waals surface area (Å²) in [6.07, 6.45) is 0. The van der Waals surface area contributed by atoms with Crippen molar-refractivity contribution in [2.75, 3.05) is 18.7 Å². The number of carbonyl (C=O) groups excluding carboxylic acids is 1. The van der Waals surface area contributed by atoms with Crippen LogP contribution in [0.5, 0.6) is 17.2 Å². The van der Waals surface area contributed by atoms with Gasteiger partial charge in [0.05, 0.1) is 5.69 Å². The van der Waals surface area contributed by atoms with Gasteiger partial charge in [-0.2, -0.15) is 0 Å². The fraction of sp³-hybridized carbons (Fsp3) is 0.231. The third-order valence-corrected chi connectivity index (χ3v) is 3.45. The molecular weight excluding hydrogens is 280 g/mol. The molecule has 0 atom stereocenters. The average molecular weight is 292 g/mol. The second kappa shape index (κ2) is 5.38. The fourth-order valence-corrected chi connectivity index (χ4v) is 2.39. The van der Waals surface area contributed by atoms with Crippen LogP contribution in [0.2, 0.25) is 0 Å². The largest absolute Gasteiger partial charge is 0.484 e. The van der Waals surface area contributed by atoms with Gasteiger partial charge >= 0.3 is 0 Å². The van der Waals surface area contributed by atoms with Crippen LogP contribution in [0.3, 0.4) is 0 Å². The molecule has 1 N–H and O–H groups in total. The number of carbonyl (C=O) groups is 1. The molecule has 2 heterocycles. The molecule has 1 aliphatic rings. The number of thiazole rings is 1. The molecule has 1 amide bonds. The third-order valence-electron chi connectivity index (χ3n) is 2.58. The number of benzene rings is 1. The Hall–Kier alpha value is -2.28. The lowest BCUT2D eigenvalue weighted by molar-refractivity contribution is -0.118.